The Kier molecular flexibility index (Phi) is 6.22. The van der Waals surface area contributed by atoms with Crippen LogP contribution in [-0.4, -0.2) is 53.5 Å². The van der Waals surface area contributed by atoms with Gasteiger partial charge in [-0.2, -0.15) is 0 Å². The first-order chi connectivity index (χ1) is 14.8. The minimum atomic E-state index is -1.37. The van der Waals surface area contributed by atoms with Gasteiger partial charge in [0.05, 0.1) is 13.1 Å². The number of benzene rings is 2. The zero-order chi connectivity index (χ0) is 22.2. The zero-order valence-corrected chi connectivity index (χ0v) is 19.3. The van der Waals surface area contributed by atoms with Crippen LogP contribution >= 0.6 is 27.5 Å². The lowest BCUT2D eigenvalue weighted by Crippen LogP contribution is -2.65. The maximum atomic E-state index is 15.2. The largest absolute Gasteiger partial charge is 0.339 e. The first-order valence-electron chi connectivity index (χ1n) is 10.3. The molecule has 2 amide bonds. The average molecular weight is 506 g/mol. The van der Waals surface area contributed by atoms with Crippen LogP contribution in [-0.2, 0) is 4.79 Å². The minimum Gasteiger partial charge on any atom is -0.339 e. The normalized spacial score (nSPS) is 18.4. The molecule has 31 heavy (non-hydrogen) atoms. The Hall–Kier alpha value is -2.18. The van der Waals surface area contributed by atoms with Crippen molar-refractivity contribution >= 4 is 39.3 Å². The molecule has 4 nitrogen and oxygen atoms in total. The van der Waals surface area contributed by atoms with Crippen LogP contribution in [0.15, 0.2) is 59.6 Å². The molecular weight excluding hydrogens is 483 g/mol. The highest BCUT2D eigenvalue weighted by Crippen LogP contribution is 2.40. The molecule has 7 heteroatoms. The molecule has 0 unspecified atom stereocenters. The van der Waals surface area contributed by atoms with Gasteiger partial charge < -0.3 is 9.80 Å². The van der Waals surface area contributed by atoms with Crippen LogP contribution in [0.2, 0.25) is 5.02 Å². The molecule has 0 spiro atoms. The molecule has 162 valence electrons. The summed E-state index contributed by atoms with van der Waals surface area (Å²) in [5.41, 5.74) is 0.782. The Morgan fingerprint density at radius 2 is 1.77 bits per heavy atom. The van der Waals surface area contributed by atoms with E-state index in [0.29, 0.717) is 36.5 Å². The van der Waals surface area contributed by atoms with Crippen LogP contribution in [0.4, 0.5) is 4.39 Å². The summed E-state index contributed by atoms with van der Waals surface area (Å²) >= 11 is 9.88. The molecule has 0 radical (unpaired) electrons. The summed E-state index contributed by atoms with van der Waals surface area (Å²) in [6, 6.07) is 13.0. The first-order valence-corrected chi connectivity index (χ1v) is 11.4. The molecule has 2 aliphatic rings. The van der Waals surface area contributed by atoms with E-state index in [4.69, 9.17) is 11.6 Å². The van der Waals surface area contributed by atoms with Crippen molar-refractivity contribution in [2.24, 2.45) is 5.92 Å². The molecule has 2 aromatic rings. The second kappa shape index (κ2) is 8.75. The lowest BCUT2D eigenvalue weighted by atomic mass is 9.76. The van der Waals surface area contributed by atoms with Gasteiger partial charge in [0.25, 0.3) is 5.91 Å². The molecule has 0 aliphatic carbocycles. The number of nitrogens with zero attached hydrogens (tertiary/aromatic N) is 2. The highest BCUT2D eigenvalue weighted by molar-refractivity contribution is 9.10. The number of carbonyl (C=O) groups excluding carboxylic acids is 2. The van der Waals surface area contributed by atoms with Crippen LogP contribution in [0.1, 0.15) is 23.2 Å². The highest BCUT2D eigenvalue weighted by atomic mass is 79.9. The lowest BCUT2D eigenvalue weighted by molar-refractivity contribution is -0.147. The fourth-order valence-electron chi connectivity index (χ4n) is 4.51. The van der Waals surface area contributed by atoms with E-state index >= 15 is 4.39 Å². The fourth-order valence-corrected chi connectivity index (χ4v) is 5.11. The molecule has 0 bridgehead atoms. The van der Waals surface area contributed by atoms with Crippen molar-refractivity contribution in [1.29, 1.82) is 0 Å². The molecule has 2 saturated heterocycles. The minimum absolute atomic E-state index is 0.0779. The summed E-state index contributed by atoms with van der Waals surface area (Å²) < 4.78 is 16.1. The first kappa shape index (κ1) is 22.0. The summed E-state index contributed by atoms with van der Waals surface area (Å²) in [6.45, 7) is 4.65. The predicted octanol–water partition coefficient (Wildman–Crippen LogP) is 5.36. The maximum absolute atomic E-state index is 15.2. The van der Waals surface area contributed by atoms with E-state index in [1.165, 1.54) is 11.0 Å². The number of hydrogen-bond acceptors (Lipinski definition) is 2. The molecule has 2 heterocycles. The quantitative estimate of drug-likeness (QED) is 0.525. The SMILES string of the molecule is C=CC(=O)N1CC(F)(C2CCN(C(=O)c3ccc(Br)cc3-c3ccccc3Cl)CC2)C1. The third kappa shape index (κ3) is 4.28. The monoisotopic (exact) mass is 504 g/mol. The lowest BCUT2D eigenvalue weighted by Gasteiger charge is -2.50. The predicted molar refractivity (Wildman–Crippen MR) is 124 cm³/mol. The third-order valence-electron chi connectivity index (χ3n) is 6.28. The van der Waals surface area contributed by atoms with Crippen molar-refractivity contribution in [2.45, 2.75) is 18.5 Å². The molecular formula is C24H23BrClFN2O2. The van der Waals surface area contributed by atoms with Gasteiger partial charge in [-0.1, -0.05) is 52.3 Å². The van der Waals surface area contributed by atoms with Gasteiger partial charge in [-0.25, -0.2) is 4.39 Å². The van der Waals surface area contributed by atoms with Crippen molar-refractivity contribution in [3.8, 4) is 11.1 Å². The summed E-state index contributed by atoms with van der Waals surface area (Å²) in [6.07, 6.45) is 2.38. The van der Waals surface area contributed by atoms with Gasteiger partial charge in [-0.15, -0.1) is 0 Å². The molecule has 2 aromatic carbocycles. The van der Waals surface area contributed by atoms with Gasteiger partial charge in [0.15, 0.2) is 0 Å². The van der Waals surface area contributed by atoms with Crippen molar-refractivity contribution in [3.05, 3.63) is 70.2 Å². The van der Waals surface area contributed by atoms with E-state index in [9.17, 15) is 9.59 Å². The van der Waals surface area contributed by atoms with E-state index in [0.717, 1.165) is 15.6 Å². The number of alkyl halides is 1. The molecule has 0 saturated carbocycles. The van der Waals surface area contributed by atoms with Gasteiger partial charge in [0, 0.05) is 33.7 Å². The summed E-state index contributed by atoms with van der Waals surface area (Å²) in [5, 5.41) is 0.580. The molecule has 0 aromatic heterocycles. The second-order valence-electron chi connectivity index (χ2n) is 8.17. The Bertz CT molecular complexity index is 1030. The van der Waals surface area contributed by atoms with Gasteiger partial charge in [-0.05, 0) is 54.7 Å². The number of rotatable bonds is 4. The van der Waals surface area contributed by atoms with Gasteiger partial charge in [0.1, 0.15) is 5.67 Å². The van der Waals surface area contributed by atoms with Crippen molar-refractivity contribution < 1.29 is 14.0 Å². The fraction of sp³-hybridized carbons (Fsp3) is 0.333. The molecule has 2 aliphatic heterocycles. The molecule has 0 N–H and O–H groups in total. The number of hydrogen-bond donors (Lipinski definition) is 0. The molecule has 0 atom stereocenters. The van der Waals surface area contributed by atoms with Crippen LogP contribution in [0, 0.1) is 5.92 Å². The van der Waals surface area contributed by atoms with E-state index in [2.05, 4.69) is 22.5 Å². The average Bonchev–Trinajstić information content (AvgIpc) is 2.76. The zero-order valence-electron chi connectivity index (χ0n) is 17.0. The highest BCUT2D eigenvalue weighted by Gasteiger charge is 2.51. The summed E-state index contributed by atoms with van der Waals surface area (Å²) in [5.74, 6) is -0.465. The second-order valence-corrected chi connectivity index (χ2v) is 9.49. The Labute approximate surface area is 194 Å². The Morgan fingerprint density at radius 3 is 2.42 bits per heavy atom. The molecule has 2 fully saturated rings. The van der Waals surface area contributed by atoms with Crippen LogP contribution in [0.3, 0.4) is 0 Å². The number of carbonyl (C=O) groups is 2. The number of amides is 2. The van der Waals surface area contributed by atoms with E-state index in [1.54, 1.807) is 17.0 Å². The van der Waals surface area contributed by atoms with E-state index in [1.807, 2.05) is 30.3 Å². The summed E-state index contributed by atoms with van der Waals surface area (Å²) in [7, 11) is 0. The number of likely N-dealkylation sites (tertiary alicyclic amines) is 2. The van der Waals surface area contributed by atoms with Crippen molar-refractivity contribution in [1.82, 2.24) is 9.80 Å². The topological polar surface area (TPSA) is 40.6 Å². The van der Waals surface area contributed by atoms with E-state index in [-0.39, 0.29) is 30.8 Å². The van der Waals surface area contributed by atoms with Crippen molar-refractivity contribution in [2.75, 3.05) is 26.2 Å². The smallest absolute Gasteiger partial charge is 0.254 e. The molecule has 4 rings (SSSR count). The summed E-state index contributed by atoms with van der Waals surface area (Å²) in [4.78, 5) is 28.2. The maximum Gasteiger partial charge on any atom is 0.254 e. The Balaban J connectivity index is 1.47. The van der Waals surface area contributed by atoms with Gasteiger partial charge in [0.2, 0.25) is 5.91 Å². The number of halogens is 3. The van der Waals surface area contributed by atoms with Crippen LogP contribution in [0.25, 0.3) is 11.1 Å². The third-order valence-corrected chi connectivity index (χ3v) is 7.11. The van der Waals surface area contributed by atoms with E-state index < -0.39 is 5.67 Å². The van der Waals surface area contributed by atoms with Crippen molar-refractivity contribution in [3.63, 3.8) is 0 Å². The van der Waals surface area contributed by atoms with Gasteiger partial charge >= 0.3 is 0 Å². The standard InChI is InChI=1S/C24H23BrClFN2O2/c1-2-22(30)29-14-24(27,15-29)16-9-11-28(12-10-16)23(31)19-8-7-17(25)13-20(19)18-5-3-4-6-21(18)26/h2-8,13,16H,1,9-12,14-15H2. The van der Waals surface area contributed by atoms with Gasteiger partial charge in [-0.3, -0.25) is 9.59 Å². The van der Waals surface area contributed by atoms with Crippen LogP contribution < -0.4 is 0 Å². The van der Waals surface area contributed by atoms with Crippen LogP contribution in [0.5, 0.6) is 0 Å². The Morgan fingerprint density at radius 1 is 1.10 bits per heavy atom. The number of piperidine rings is 1.